The maximum Gasteiger partial charge on any atom is 3.00 e. The smallest absolute Gasteiger partial charge is 0.778 e. The Morgan fingerprint density at radius 1 is 0.328 bits per heavy atom. The van der Waals surface area contributed by atoms with Crippen molar-refractivity contribution in [2.45, 2.75) is 237 Å². The summed E-state index contributed by atoms with van der Waals surface area (Å²) in [6.45, 7) is 26.5. The molecule has 0 bridgehead atoms. The summed E-state index contributed by atoms with van der Waals surface area (Å²) in [4.78, 5) is 36.2. The predicted molar refractivity (Wildman–Crippen MR) is 255 cm³/mol. The number of rotatable bonds is 39. The largest absolute Gasteiger partial charge is 3.00 e. The minimum absolute atomic E-state index is 0. The van der Waals surface area contributed by atoms with E-state index in [-0.39, 0.29) is 53.0 Å². The quantitative estimate of drug-likeness (QED) is 0.0549. The summed E-state index contributed by atoms with van der Waals surface area (Å²) < 4.78 is 52.1. The van der Waals surface area contributed by atoms with Gasteiger partial charge in [0.15, 0.2) is 0 Å². The van der Waals surface area contributed by atoms with E-state index in [1.54, 1.807) is 0 Å². The Hall–Kier alpha value is 0.956. The van der Waals surface area contributed by atoms with Crippen LogP contribution in [0.25, 0.3) is 0 Å². The molecule has 372 valence electrons. The molecule has 61 heavy (non-hydrogen) atoms. The zero-order valence-corrected chi connectivity index (χ0v) is 45.8. The molecule has 9 unspecified atom stereocenters. The third kappa shape index (κ3) is 43.3. The molecule has 0 aromatic heterocycles. The molecule has 0 aliphatic rings. The van der Waals surface area contributed by atoms with Gasteiger partial charge in [0.05, 0.1) is 19.8 Å². The summed E-state index contributed by atoms with van der Waals surface area (Å²) in [7, 11) is -11.0. The molecule has 9 nitrogen and oxygen atoms in total. The van der Waals surface area contributed by atoms with E-state index in [2.05, 4.69) is 83.1 Å². The Morgan fingerprint density at radius 3 is 0.639 bits per heavy atom. The topological polar surface area (TPSA) is 148 Å². The molecule has 0 rings (SSSR count). The SMILES string of the molecule is CCCCC(CC)COP(=O)([O-])CC(CC)CCCC.CCCCC(CC)COP(=O)([O-])CC(CC)CCCC.CCCCC(CC)COP(=O)([O-])CC(CC)CCCC.[Co+3]. The average molecular weight is 975 g/mol. The molecule has 0 spiro atoms. The summed E-state index contributed by atoms with van der Waals surface area (Å²) >= 11 is 0. The standard InChI is InChI=1S/3C16H35O3P.Co/c3*1-5-9-11-15(7-3)13-19-20(17,18)14-16(8-4)12-10-6-2;/h3*15-16H,5-14H2,1-4H3,(H,17,18);/q;;;+3/p-3. The molecule has 0 radical (unpaired) electrons. The molecule has 0 aliphatic heterocycles. The van der Waals surface area contributed by atoms with Crippen LogP contribution in [-0.2, 0) is 44.0 Å². The van der Waals surface area contributed by atoms with Crippen LogP contribution >= 0.6 is 22.8 Å². The van der Waals surface area contributed by atoms with Crippen molar-refractivity contribution in [2.75, 3.05) is 38.3 Å². The van der Waals surface area contributed by atoms with Gasteiger partial charge in [-0.1, -0.05) is 199 Å². The second-order valence-electron chi connectivity index (χ2n) is 17.8. The van der Waals surface area contributed by atoms with Gasteiger partial charge in [-0.2, -0.15) is 0 Å². The summed E-state index contributed by atoms with van der Waals surface area (Å²) in [6, 6.07) is 0. The Balaban J connectivity index is -0.000000396. The number of unbranched alkanes of at least 4 members (excludes halogenated alkanes) is 6. The molecule has 0 aromatic rings. The molecule has 0 fully saturated rings. The van der Waals surface area contributed by atoms with Gasteiger partial charge in [-0.05, 0) is 74.0 Å². The van der Waals surface area contributed by atoms with Gasteiger partial charge in [-0.15, -0.1) is 0 Å². The molecular formula is C48H102CoO9P3. The first kappa shape index (κ1) is 68.5. The van der Waals surface area contributed by atoms with Crippen LogP contribution in [0.3, 0.4) is 0 Å². The van der Waals surface area contributed by atoms with E-state index in [0.29, 0.717) is 37.6 Å². The Kier molecular flexibility index (Phi) is 50.3. The monoisotopic (exact) mass is 975 g/mol. The van der Waals surface area contributed by atoms with Crippen LogP contribution in [-0.4, -0.2) is 38.3 Å². The van der Waals surface area contributed by atoms with Gasteiger partial charge in [0, 0.05) is 18.5 Å². The van der Waals surface area contributed by atoms with Crippen molar-refractivity contribution >= 4 is 22.8 Å². The molecule has 0 N–H and O–H groups in total. The minimum atomic E-state index is -3.65. The van der Waals surface area contributed by atoms with E-state index in [1.807, 2.05) is 0 Å². The van der Waals surface area contributed by atoms with Crippen molar-refractivity contribution in [2.24, 2.45) is 35.5 Å². The zero-order valence-electron chi connectivity index (χ0n) is 42.0. The molecule has 0 heterocycles. The predicted octanol–water partition coefficient (Wildman–Crippen LogP) is 15.0. The normalized spacial score (nSPS) is 17.4. The first-order chi connectivity index (χ1) is 28.5. The van der Waals surface area contributed by atoms with Crippen LogP contribution in [0.5, 0.6) is 0 Å². The van der Waals surface area contributed by atoms with Crippen LogP contribution in [0.4, 0.5) is 0 Å². The van der Waals surface area contributed by atoms with Gasteiger partial charge < -0.3 is 41.9 Å². The summed E-state index contributed by atoms with van der Waals surface area (Å²) in [6.07, 6.45) is 26.2. The number of hydrogen-bond donors (Lipinski definition) is 0. The van der Waals surface area contributed by atoms with Crippen LogP contribution < -0.4 is 14.7 Å². The van der Waals surface area contributed by atoms with Crippen LogP contribution in [0.2, 0.25) is 0 Å². The molecule has 13 heteroatoms. The third-order valence-corrected chi connectivity index (χ3v) is 16.7. The Morgan fingerprint density at radius 2 is 0.492 bits per heavy atom. The van der Waals surface area contributed by atoms with Gasteiger partial charge >= 0.3 is 16.8 Å². The summed E-state index contributed by atoms with van der Waals surface area (Å²) in [5, 5.41) is 0. The molecule has 0 saturated carbocycles. The molecule has 0 aromatic carbocycles. The Labute approximate surface area is 390 Å². The van der Waals surface area contributed by atoms with E-state index in [0.717, 1.165) is 154 Å². The van der Waals surface area contributed by atoms with E-state index in [4.69, 9.17) is 13.6 Å². The first-order valence-electron chi connectivity index (χ1n) is 25.3. The van der Waals surface area contributed by atoms with E-state index < -0.39 is 22.8 Å². The molecule has 0 aliphatic carbocycles. The van der Waals surface area contributed by atoms with Crippen molar-refractivity contribution in [3.63, 3.8) is 0 Å². The molecular weight excluding hydrogens is 872 g/mol. The molecule has 0 amide bonds. The summed E-state index contributed by atoms with van der Waals surface area (Å²) in [5.41, 5.74) is 0. The van der Waals surface area contributed by atoms with Gasteiger partial charge in [0.1, 0.15) is 22.8 Å². The van der Waals surface area contributed by atoms with Crippen LogP contribution in [0, 0.1) is 35.5 Å². The first-order valence-corrected chi connectivity index (χ1v) is 30.5. The third-order valence-electron chi connectivity index (χ3n) is 12.2. The fourth-order valence-corrected chi connectivity index (χ4v) is 12.1. The van der Waals surface area contributed by atoms with E-state index >= 15 is 0 Å². The maximum atomic E-state index is 12.1. The number of hydrogen-bond acceptors (Lipinski definition) is 9. The summed E-state index contributed by atoms with van der Waals surface area (Å²) in [5.74, 6) is 1.92. The van der Waals surface area contributed by atoms with Crippen LogP contribution in [0.15, 0.2) is 0 Å². The van der Waals surface area contributed by atoms with Gasteiger partial charge in [-0.25, -0.2) is 0 Å². The van der Waals surface area contributed by atoms with E-state index in [9.17, 15) is 28.4 Å². The van der Waals surface area contributed by atoms with Gasteiger partial charge in [0.2, 0.25) is 0 Å². The minimum Gasteiger partial charge on any atom is -0.778 e. The average Bonchev–Trinajstić information content (AvgIpc) is 3.23. The second kappa shape index (κ2) is 44.8. The van der Waals surface area contributed by atoms with Crippen molar-refractivity contribution in [1.82, 2.24) is 0 Å². The van der Waals surface area contributed by atoms with Crippen molar-refractivity contribution in [3.05, 3.63) is 0 Å². The zero-order chi connectivity index (χ0) is 46.3. The fraction of sp³-hybridized carbons (Fsp3) is 1.00. The Bertz CT molecular complexity index is 941. The molecule has 9 atom stereocenters. The van der Waals surface area contributed by atoms with Gasteiger partial charge in [0.25, 0.3) is 0 Å². The maximum absolute atomic E-state index is 12.1. The second-order valence-corrected chi connectivity index (χ2v) is 23.3. The van der Waals surface area contributed by atoms with E-state index in [1.165, 1.54) is 0 Å². The fourth-order valence-electron chi connectivity index (χ4n) is 7.21. The molecule has 0 saturated heterocycles. The van der Waals surface area contributed by atoms with Crippen molar-refractivity contribution < 1.29 is 58.7 Å². The van der Waals surface area contributed by atoms with Gasteiger partial charge in [-0.3, -0.25) is 0 Å². The van der Waals surface area contributed by atoms with Crippen molar-refractivity contribution in [3.8, 4) is 0 Å². The van der Waals surface area contributed by atoms with Crippen LogP contribution in [0.1, 0.15) is 237 Å². The van der Waals surface area contributed by atoms with Crippen molar-refractivity contribution in [1.29, 1.82) is 0 Å².